The lowest BCUT2D eigenvalue weighted by molar-refractivity contribution is -0.254. The van der Waals surface area contributed by atoms with Crippen molar-refractivity contribution in [1.29, 1.82) is 0 Å². The van der Waals surface area contributed by atoms with Gasteiger partial charge in [0.15, 0.2) is 0 Å². The topological polar surface area (TPSA) is 67.8 Å². The predicted octanol–water partition coefficient (Wildman–Crippen LogP) is 0.229. The average Bonchev–Trinajstić information content (AvgIpc) is 2.66. The van der Waals surface area contributed by atoms with E-state index in [1.165, 1.54) is 12.4 Å². The monoisotopic (exact) mass is 206 g/mol. The lowest BCUT2D eigenvalue weighted by atomic mass is 10.2. The molecule has 0 saturated heterocycles. The summed E-state index contributed by atoms with van der Waals surface area (Å²) in [6, 6.07) is 8.73. The van der Waals surface area contributed by atoms with Crippen molar-refractivity contribution in [3.63, 3.8) is 0 Å². The Bertz CT molecular complexity index is 379. The van der Waals surface area contributed by atoms with Crippen LogP contribution in [0.5, 0.6) is 0 Å². The number of carbonyl (C=O) groups is 1. The van der Waals surface area contributed by atoms with Crippen LogP contribution >= 0.6 is 0 Å². The maximum atomic E-state index is 11.6. The van der Waals surface area contributed by atoms with E-state index >= 15 is 0 Å². The van der Waals surface area contributed by atoms with Crippen molar-refractivity contribution in [3.05, 3.63) is 48.3 Å². The van der Waals surface area contributed by atoms with Crippen LogP contribution in [0.2, 0.25) is 0 Å². The van der Waals surface area contributed by atoms with Crippen LogP contribution in [-0.4, -0.2) is 21.5 Å². The highest BCUT2D eigenvalue weighted by atomic mass is 16.6. The second-order valence-electron chi connectivity index (χ2n) is 2.89. The van der Waals surface area contributed by atoms with Crippen molar-refractivity contribution in [2.24, 2.45) is 0 Å². The quantitative estimate of drug-likeness (QED) is 0.646. The molecule has 0 saturated carbocycles. The molecule has 6 heteroatoms. The largest absolute Gasteiger partial charge is 0.282 e. The first-order chi connectivity index (χ1) is 7.27. The summed E-state index contributed by atoms with van der Waals surface area (Å²) < 4.78 is 0. The van der Waals surface area contributed by atoms with Crippen molar-refractivity contribution >= 4 is 5.91 Å². The first kappa shape index (κ1) is 9.50. The summed E-state index contributed by atoms with van der Waals surface area (Å²) >= 11 is 0. The smallest absolute Gasteiger partial charge is 0.271 e. The first-order valence-electron chi connectivity index (χ1n) is 4.34. The molecule has 0 aliphatic carbocycles. The average molecular weight is 206 g/mol. The van der Waals surface area contributed by atoms with Gasteiger partial charge in [-0.25, -0.2) is 5.43 Å². The highest BCUT2D eigenvalue weighted by molar-refractivity contribution is 5.93. The zero-order valence-corrected chi connectivity index (χ0v) is 7.79. The van der Waals surface area contributed by atoms with Crippen molar-refractivity contribution in [1.82, 2.24) is 21.3 Å². The second kappa shape index (κ2) is 3.99. The molecule has 2 rings (SSSR count). The summed E-state index contributed by atoms with van der Waals surface area (Å²) in [5.41, 5.74) is 5.43. The molecule has 78 valence electrons. The highest BCUT2D eigenvalue weighted by Crippen LogP contribution is 2.01. The minimum atomic E-state index is -0.303. The van der Waals surface area contributed by atoms with E-state index in [4.69, 9.17) is 5.21 Å². The summed E-state index contributed by atoms with van der Waals surface area (Å²) in [5, 5.41) is 10.9. The van der Waals surface area contributed by atoms with E-state index in [2.05, 4.69) is 10.9 Å². The fourth-order valence-corrected chi connectivity index (χ4v) is 1.14. The minimum Gasteiger partial charge on any atom is -0.282 e. The van der Waals surface area contributed by atoms with Crippen LogP contribution in [0, 0.1) is 0 Å². The van der Waals surface area contributed by atoms with Gasteiger partial charge in [-0.15, -0.1) is 0 Å². The Morgan fingerprint density at radius 1 is 1.33 bits per heavy atom. The number of carbonyl (C=O) groups excluding carboxylic acids is 1. The third kappa shape index (κ3) is 2.06. The molecule has 0 aromatic heterocycles. The predicted molar refractivity (Wildman–Crippen MR) is 51.6 cm³/mol. The zero-order valence-electron chi connectivity index (χ0n) is 7.79. The Hall–Kier alpha value is -2.05. The molecule has 0 unspecified atom stereocenters. The lowest BCUT2D eigenvalue weighted by Crippen LogP contribution is -2.49. The Labute approximate surface area is 86.3 Å². The molecular formula is C9H10N4O2. The normalized spacial score (nSPS) is 15.1. The van der Waals surface area contributed by atoms with Gasteiger partial charge >= 0.3 is 0 Å². The van der Waals surface area contributed by atoms with Gasteiger partial charge in [-0.2, -0.15) is 5.12 Å². The Kier molecular flexibility index (Phi) is 2.53. The number of hydrazine groups is 3. The fourth-order valence-electron chi connectivity index (χ4n) is 1.14. The van der Waals surface area contributed by atoms with E-state index in [1.807, 2.05) is 6.07 Å². The second-order valence-corrected chi connectivity index (χ2v) is 2.89. The summed E-state index contributed by atoms with van der Waals surface area (Å²) in [4.78, 5) is 11.6. The molecule has 15 heavy (non-hydrogen) atoms. The van der Waals surface area contributed by atoms with Gasteiger partial charge in [0.25, 0.3) is 5.91 Å². The van der Waals surface area contributed by atoms with Crippen LogP contribution in [0.25, 0.3) is 0 Å². The van der Waals surface area contributed by atoms with E-state index in [-0.39, 0.29) is 5.91 Å². The van der Waals surface area contributed by atoms with Crippen LogP contribution in [0.1, 0.15) is 10.4 Å². The third-order valence-electron chi connectivity index (χ3n) is 1.86. The molecule has 1 amide bonds. The number of nitrogens with zero attached hydrogens (tertiary/aromatic N) is 2. The van der Waals surface area contributed by atoms with Crippen molar-refractivity contribution in [2.45, 2.75) is 0 Å². The summed E-state index contributed by atoms with van der Waals surface area (Å²) in [6.07, 6.45) is 2.95. The Morgan fingerprint density at radius 3 is 2.67 bits per heavy atom. The van der Waals surface area contributed by atoms with Crippen LogP contribution in [0.4, 0.5) is 0 Å². The van der Waals surface area contributed by atoms with Gasteiger partial charge in [0.1, 0.15) is 0 Å². The Morgan fingerprint density at radius 2 is 2.07 bits per heavy atom. The maximum absolute atomic E-state index is 11.6. The molecule has 1 heterocycles. The third-order valence-corrected chi connectivity index (χ3v) is 1.86. The van der Waals surface area contributed by atoms with Crippen LogP contribution in [-0.2, 0) is 0 Å². The zero-order chi connectivity index (χ0) is 10.7. The molecule has 1 aromatic rings. The molecule has 1 aliphatic rings. The molecule has 0 spiro atoms. The molecular weight excluding hydrogens is 196 g/mol. The van der Waals surface area contributed by atoms with E-state index in [9.17, 15) is 4.79 Å². The highest BCUT2D eigenvalue weighted by Gasteiger charge is 2.15. The maximum Gasteiger partial charge on any atom is 0.271 e. The van der Waals surface area contributed by atoms with Crippen LogP contribution in [0.15, 0.2) is 42.7 Å². The SMILES string of the molecule is O=C(NN1C=CNN1O)c1ccccc1. The van der Waals surface area contributed by atoms with Gasteiger partial charge in [0.2, 0.25) is 0 Å². The fraction of sp³-hybridized carbons (Fsp3) is 0. The van der Waals surface area contributed by atoms with Gasteiger partial charge in [-0.1, -0.05) is 18.2 Å². The molecule has 6 nitrogen and oxygen atoms in total. The van der Waals surface area contributed by atoms with E-state index < -0.39 is 0 Å². The molecule has 0 bridgehead atoms. The van der Waals surface area contributed by atoms with Crippen LogP contribution < -0.4 is 10.9 Å². The number of hydrogen-bond donors (Lipinski definition) is 3. The van der Waals surface area contributed by atoms with E-state index in [1.54, 1.807) is 24.3 Å². The number of benzene rings is 1. The lowest BCUT2D eigenvalue weighted by Gasteiger charge is -2.21. The minimum absolute atomic E-state index is 0.303. The van der Waals surface area contributed by atoms with E-state index in [0.717, 1.165) is 5.12 Å². The first-order valence-corrected chi connectivity index (χ1v) is 4.34. The number of amides is 1. The van der Waals surface area contributed by atoms with Crippen molar-refractivity contribution in [3.8, 4) is 0 Å². The molecule has 0 fully saturated rings. The van der Waals surface area contributed by atoms with E-state index in [0.29, 0.717) is 10.8 Å². The molecule has 3 N–H and O–H groups in total. The van der Waals surface area contributed by atoms with Gasteiger partial charge in [-0.05, 0) is 12.1 Å². The van der Waals surface area contributed by atoms with Crippen molar-refractivity contribution in [2.75, 3.05) is 0 Å². The molecule has 1 aliphatic heterocycles. The number of rotatable bonds is 2. The van der Waals surface area contributed by atoms with Gasteiger partial charge in [0.05, 0.1) is 6.20 Å². The standard InChI is InChI=1S/C9H10N4O2/c14-9(8-4-2-1-3-5-8)11-12-7-6-10-13(12)15/h1-7,10,15H,(H,11,14). The van der Waals surface area contributed by atoms with Gasteiger partial charge in [-0.3, -0.25) is 15.4 Å². The molecule has 0 atom stereocenters. The van der Waals surface area contributed by atoms with Crippen LogP contribution in [0.3, 0.4) is 0 Å². The molecule has 1 aromatic carbocycles. The van der Waals surface area contributed by atoms with Crippen molar-refractivity contribution < 1.29 is 10.0 Å². The summed E-state index contributed by atoms with van der Waals surface area (Å²) in [7, 11) is 0. The summed E-state index contributed by atoms with van der Waals surface area (Å²) in [6.45, 7) is 0. The Balaban J connectivity index is 2.01. The number of nitrogens with one attached hydrogen (secondary N) is 2. The van der Waals surface area contributed by atoms with Gasteiger partial charge < -0.3 is 0 Å². The molecule has 0 radical (unpaired) electrons. The van der Waals surface area contributed by atoms with Gasteiger partial charge in [0, 0.05) is 17.0 Å². The number of hydrogen-bond acceptors (Lipinski definition) is 5. The summed E-state index contributed by atoms with van der Waals surface area (Å²) in [5.74, 6) is -0.303.